The van der Waals surface area contributed by atoms with Crippen LogP contribution in [0.2, 0.25) is 0 Å². The first-order chi connectivity index (χ1) is 9.61. The predicted octanol–water partition coefficient (Wildman–Crippen LogP) is 3.79. The third-order valence-electron chi connectivity index (χ3n) is 2.80. The van der Waals surface area contributed by atoms with Crippen LogP contribution < -0.4 is 10.1 Å². The Morgan fingerprint density at radius 3 is 2.75 bits per heavy atom. The second-order valence-electron chi connectivity index (χ2n) is 4.37. The highest BCUT2D eigenvalue weighted by Gasteiger charge is 2.13. The van der Waals surface area contributed by atoms with Crippen LogP contribution in [0.1, 0.15) is 22.8 Å². The maximum atomic E-state index is 13.6. The summed E-state index contributed by atoms with van der Waals surface area (Å²) in [4.78, 5) is 12.2. The molecule has 0 aliphatic heterocycles. The zero-order valence-corrected chi connectivity index (χ0v) is 11.4. The number of amides is 1. The van der Waals surface area contributed by atoms with Gasteiger partial charge in [-0.2, -0.15) is 0 Å². The number of anilines is 1. The van der Waals surface area contributed by atoms with Crippen molar-refractivity contribution in [2.24, 2.45) is 0 Å². The van der Waals surface area contributed by atoms with Crippen molar-refractivity contribution < 1.29 is 13.9 Å². The molecule has 0 saturated heterocycles. The molecule has 0 heterocycles. The van der Waals surface area contributed by atoms with E-state index in [1.54, 1.807) is 36.4 Å². The van der Waals surface area contributed by atoms with Gasteiger partial charge in [0.2, 0.25) is 0 Å². The number of rotatable bonds is 4. The third-order valence-corrected chi connectivity index (χ3v) is 2.80. The summed E-state index contributed by atoms with van der Waals surface area (Å²) < 4.78 is 19.0. The molecule has 2 rings (SSSR count). The maximum Gasteiger partial charge on any atom is 0.259 e. The minimum atomic E-state index is -0.460. The number of para-hydroxylation sites is 1. The summed E-state index contributed by atoms with van der Waals surface area (Å²) >= 11 is 0. The molecule has 0 unspecified atom stereocenters. The number of nitrogens with one attached hydrogen (secondary N) is 1. The molecule has 3 nitrogen and oxygen atoms in total. The normalized spacial score (nSPS) is 10.2. The van der Waals surface area contributed by atoms with Crippen molar-refractivity contribution in [1.82, 2.24) is 0 Å². The van der Waals surface area contributed by atoms with Gasteiger partial charge in [-0.05, 0) is 43.7 Å². The molecule has 2 aromatic rings. The average Bonchev–Trinajstić information content (AvgIpc) is 2.44. The zero-order valence-electron chi connectivity index (χ0n) is 11.4. The fourth-order valence-electron chi connectivity index (χ4n) is 1.86. The number of carbonyl (C=O) groups is 1. The summed E-state index contributed by atoms with van der Waals surface area (Å²) in [5.41, 5.74) is 1.43. The number of ether oxygens (including phenoxy) is 1. The Kier molecular flexibility index (Phi) is 4.35. The number of halogens is 1. The fraction of sp³-hybridized carbons (Fsp3) is 0.188. The zero-order chi connectivity index (χ0) is 14.5. The lowest BCUT2D eigenvalue weighted by atomic mass is 10.1. The van der Waals surface area contributed by atoms with E-state index >= 15 is 0 Å². The van der Waals surface area contributed by atoms with Crippen LogP contribution in [0.5, 0.6) is 5.75 Å². The van der Waals surface area contributed by atoms with Gasteiger partial charge in [0.05, 0.1) is 17.9 Å². The second kappa shape index (κ2) is 6.19. The van der Waals surface area contributed by atoms with Gasteiger partial charge in [-0.25, -0.2) is 4.39 Å². The Balaban J connectivity index is 2.26. The Bertz CT molecular complexity index is 626. The molecular weight excluding hydrogens is 257 g/mol. The summed E-state index contributed by atoms with van der Waals surface area (Å²) in [6.07, 6.45) is 0. The maximum absolute atomic E-state index is 13.6. The van der Waals surface area contributed by atoms with Gasteiger partial charge in [0.15, 0.2) is 0 Å². The monoisotopic (exact) mass is 273 g/mol. The fourth-order valence-corrected chi connectivity index (χ4v) is 1.86. The van der Waals surface area contributed by atoms with Crippen molar-refractivity contribution in [3.05, 3.63) is 59.4 Å². The minimum absolute atomic E-state index is 0.168. The summed E-state index contributed by atoms with van der Waals surface area (Å²) in [5.74, 6) is -0.364. The molecule has 0 bridgehead atoms. The van der Waals surface area contributed by atoms with Crippen LogP contribution in [0.4, 0.5) is 10.1 Å². The Hall–Kier alpha value is -2.36. The average molecular weight is 273 g/mol. The van der Waals surface area contributed by atoms with Gasteiger partial charge in [0, 0.05) is 0 Å². The Labute approximate surface area is 117 Å². The third kappa shape index (κ3) is 3.15. The van der Waals surface area contributed by atoms with Crippen molar-refractivity contribution in [2.45, 2.75) is 13.8 Å². The van der Waals surface area contributed by atoms with Crippen LogP contribution >= 0.6 is 0 Å². The molecule has 2 aromatic carbocycles. The topological polar surface area (TPSA) is 38.3 Å². The van der Waals surface area contributed by atoms with Crippen LogP contribution in [0.25, 0.3) is 0 Å². The van der Waals surface area contributed by atoms with E-state index in [0.717, 1.165) is 5.56 Å². The number of carbonyl (C=O) groups excluding carboxylic acids is 1. The van der Waals surface area contributed by atoms with Crippen LogP contribution in [0, 0.1) is 12.7 Å². The molecule has 0 saturated carbocycles. The summed E-state index contributed by atoms with van der Waals surface area (Å²) in [6, 6.07) is 11.5. The van der Waals surface area contributed by atoms with Gasteiger partial charge in [0.25, 0.3) is 5.91 Å². The van der Waals surface area contributed by atoms with E-state index in [1.807, 2.05) is 13.8 Å². The molecule has 0 aromatic heterocycles. The van der Waals surface area contributed by atoms with E-state index in [4.69, 9.17) is 4.74 Å². The second-order valence-corrected chi connectivity index (χ2v) is 4.37. The summed E-state index contributed by atoms with van der Waals surface area (Å²) in [7, 11) is 0. The molecule has 104 valence electrons. The molecule has 0 aliphatic carbocycles. The van der Waals surface area contributed by atoms with Gasteiger partial charge in [0.1, 0.15) is 11.6 Å². The first kappa shape index (κ1) is 14.1. The molecule has 4 heteroatoms. The Morgan fingerprint density at radius 1 is 1.25 bits per heavy atom. The van der Waals surface area contributed by atoms with Gasteiger partial charge < -0.3 is 10.1 Å². The number of hydrogen-bond donors (Lipinski definition) is 1. The lowest BCUT2D eigenvalue weighted by Crippen LogP contribution is -2.14. The summed E-state index contributed by atoms with van der Waals surface area (Å²) in [5, 5.41) is 2.57. The molecule has 1 N–H and O–H groups in total. The minimum Gasteiger partial charge on any atom is -0.493 e. The van der Waals surface area contributed by atoms with E-state index in [-0.39, 0.29) is 5.69 Å². The van der Waals surface area contributed by atoms with Crippen molar-refractivity contribution >= 4 is 11.6 Å². The number of hydrogen-bond acceptors (Lipinski definition) is 2. The van der Waals surface area contributed by atoms with E-state index in [0.29, 0.717) is 17.9 Å². The van der Waals surface area contributed by atoms with Crippen LogP contribution in [-0.4, -0.2) is 12.5 Å². The van der Waals surface area contributed by atoms with E-state index in [2.05, 4.69) is 5.32 Å². The molecule has 0 atom stereocenters. The smallest absolute Gasteiger partial charge is 0.259 e. The summed E-state index contributed by atoms with van der Waals surface area (Å²) in [6.45, 7) is 4.14. The van der Waals surface area contributed by atoms with Gasteiger partial charge in [-0.15, -0.1) is 0 Å². The van der Waals surface area contributed by atoms with E-state index in [9.17, 15) is 9.18 Å². The van der Waals surface area contributed by atoms with Crippen LogP contribution in [0.15, 0.2) is 42.5 Å². The van der Waals surface area contributed by atoms with Gasteiger partial charge >= 0.3 is 0 Å². The standard InChI is InChI=1S/C16H16FNO2/c1-3-20-15-7-5-4-6-12(15)16(19)18-14-10-11(2)8-9-13(14)17/h4-10H,3H2,1-2H3,(H,18,19). The first-order valence-corrected chi connectivity index (χ1v) is 6.41. The molecule has 0 spiro atoms. The molecular formula is C16H16FNO2. The highest BCUT2D eigenvalue weighted by Crippen LogP contribution is 2.21. The quantitative estimate of drug-likeness (QED) is 0.920. The highest BCUT2D eigenvalue weighted by molar-refractivity contribution is 6.06. The van der Waals surface area contributed by atoms with Gasteiger partial charge in [-0.3, -0.25) is 4.79 Å². The van der Waals surface area contributed by atoms with Gasteiger partial charge in [-0.1, -0.05) is 18.2 Å². The molecule has 1 amide bonds. The number of benzene rings is 2. The SMILES string of the molecule is CCOc1ccccc1C(=O)Nc1cc(C)ccc1F. The molecule has 0 radical (unpaired) electrons. The van der Waals surface area contributed by atoms with Crippen molar-refractivity contribution in [3.63, 3.8) is 0 Å². The van der Waals surface area contributed by atoms with Crippen molar-refractivity contribution in [2.75, 3.05) is 11.9 Å². The highest BCUT2D eigenvalue weighted by atomic mass is 19.1. The Morgan fingerprint density at radius 2 is 2.00 bits per heavy atom. The van der Waals surface area contributed by atoms with Crippen LogP contribution in [-0.2, 0) is 0 Å². The van der Waals surface area contributed by atoms with Crippen molar-refractivity contribution in [3.8, 4) is 5.75 Å². The molecule has 20 heavy (non-hydrogen) atoms. The lowest BCUT2D eigenvalue weighted by Gasteiger charge is -2.11. The lowest BCUT2D eigenvalue weighted by molar-refractivity contribution is 0.102. The molecule has 0 fully saturated rings. The van der Waals surface area contributed by atoms with E-state index < -0.39 is 11.7 Å². The van der Waals surface area contributed by atoms with Crippen molar-refractivity contribution in [1.29, 1.82) is 0 Å². The van der Waals surface area contributed by atoms with E-state index in [1.165, 1.54) is 6.07 Å². The predicted molar refractivity (Wildman–Crippen MR) is 76.7 cm³/mol. The number of aryl methyl sites for hydroxylation is 1. The molecule has 0 aliphatic rings. The largest absolute Gasteiger partial charge is 0.493 e. The van der Waals surface area contributed by atoms with Crippen LogP contribution in [0.3, 0.4) is 0 Å². The first-order valence-electron chi connectivity index (χ1n) is 6.41.